The molecule has 8 heteroatoms. The van der Waals surface area contributed by atoms with Crippen LogP contribution in [-0.4, -0.2) is 78.0 Å². The molecule has 2 aromatic carbocycles. The highest BCUT2D eigenvalue weighted by Gasteiger charge is 2.76. The number of aliphatic hydroxyl groups excluding tert-OH is 1. The molecule has 38 heavy (non-hydrogen) atoms. The van der Waals surface area contributed by atoms with Gasteiger partial charge in [-0.3, -0.25) is 4.98 Å². The third-order valence-corrected chi connectivity index (χ3v) is 8.68. The van der Waals surface area contributed by atoms with Crippen LogP contribution in [0.3, 0.4) is 0 Å². The molecule has 0 bridgehead atoms. The Morgan fingerprint density at radius 1 is 1.08 bits per heavy atom. The lowest BCUT2D eigenvalue weighted by Gasteiger charge is -2.41. The molecule has 196 valence electrons. The number of nitriles is 1. The van der Waals surface area contributed by atoms with Crippen molar-refractivity contribution in [2.75, 3.05) is 46.9 Å². The first-order chi connectivity index (χ1) is 18.4. The van der Waals surface area contributed by atoms with Crippen LogP contribution in [0.25, 0.3) is 0 Å². The van der Waals surface area contributed by atoms with Crippen molar-refractivity contribution in [3.63, 3.8) is 0 Å². The van der Waals surface area contributed by atoms with Gasteiger partial charge >= 0.3 is 0 Å². The number of aromatic nitrogens is 1. The van der Waals surface area contributed by atoms with Crippen molar-refractivity contribution < 1.29 is 19.7 Å². The lowest BCUT2D eigenvalue weighted by atomic mass is 9.70. The molecular weight excluding hydrogens is 480 g/mol. The van der Waals surface area contributed by atoms with Gasteiger partial charge in [0.1, 0.15) is 11.5 Å². The van der Waals surface area contributed by atoms with Gasteiger partial charge in [0.25, 0.3) is 0 Å². The Kier molecular flexibility index (Phi) is 6.12. The summed E-state index contributed by atoms with van der Waals surface area (Å²) < 4.78 is 12.5. The van der Waals surface area contributed by atoms with Gasteiger partial charge in [0.15, 0.2) is 11.2 Å². The largest absolute Gasteiger partial charge is 0.495 e. The molecule has 0 amide bonds. The van der Waals surface area contributed by atoms with E-state index in [0.717, 1.165) is 31.7 Å². The zero-order chi connectivity index (χ0) is 26.5. The number of rotatable bonds is 5. The summed E-state index contributed by atoms with van der Waals surface area (Å²) in [5, 5.41) is 34.6. The second-order valence-electron chi connectivity index (χ2n) is 10.6. The van der Waals surface area contributed by atoms with Gasteiger partial charge in [0.2, 0.25) is 0 Å². The predicted molar refractivity (Wildman–Crippen MR) is 141 cm³/mol. The van der Waals surface area contributed by atoms with Gasteiger partial charge in [-0.05, 0) is 30.3 Å². The fourth-order valence-electron chi connectivity index (χ4n) is 6.86. The van der Waals surface area contributed by atoms with Crippen molar-refractivity contribution in [3.05, 3.63) is 89.2 Å². The van der Waals surface area contributed by atoms with E-state index in [4.69, 9.17) is 9.47 Å². The maximum atomic E-state index is 12.9. The van der Waals surface area contributed by atoms with Crippen molar-refractivity contribution >= 4 is 0 Å². The van der Waals surface area contributed by atoms with Crippen LogP contribution in [-0.2, 0) is 11.2 Å². The lowest BCUT2D eigenvalue weighted by Crippen LogP contribution is -2.52. The number of pyridine rings is 1. The molecular formula is C30H32N4O4. The van der Waals surface area contributed by atoms with Crippen molar-refractivity contribution in [1.82, 2.24) is 14.8 Å². The molecule has 0 radical (unpaired) electrons. The first-order valence-corrected chi connectivity index (χ1v) is 13.0. The number of benzene rings is 2. The maximum Gasteiger partial charge on any atom is 0.177 e. The van der Waals surface area contributed by atoms with Crippen molar-refractivity contribution in [2.24, 2.45) is 5.92 Å². The van der Waals surface area contributed by atoms with Gasteiger partial charge < -0.3 is 29.5 Å². The third kappa shape index (κ3) is 3.47. The second-order valence-corrected chi connectivity index (χ2v) is 10.6. The molecule has 0 spiro atoms. The summed E-state index contributed by atoms with van der Waals surface area (Å²) in [5.41, 5.74) is -0.641. The first-order valence-electron chi connectivity index (χ1n) is 13.0. The van der Waals surface area contributed by atoms with Gasteiger partial charge in [0, 0.05) is 44.6 Å². The van der Waals surface area contributed by atoms with E-state index < -0.39 is 23.2 Å². The number of nitrogens with zero attached hydrogens (tertiary/aromatic N) is 4. The van der Waals surface area contributed by atoms with E-state index in [9.17, 15) is 15.5 Å². The summed E-state index contributed by atoms with van der Waals surface area (Å²) in [7, 11) is 3.65. The van der Waals surface area contributed by atoms with Crippen molar-refractivity contribution in [1.29, 1.82) is 5.26 Å². The molecule has 2 aliphatic heterocycles. The number of hydrogen-bond donors (Lipinski definition) is 2. The zero-order valence-corrected chi connectivity index (χ0v) is 21.6. The van der Waals surface area contributed by atoms with Crippen LogP contribution < -0.4 is 9.47 Å². The summed E-state index contributed by atoms with van der Waals surface area (Å²) in [5.74, 6) is -0.0123. The molecule has 3 aliphatic rings. The molecule has 1 saturated carbocycles. The van der Waals surface area contributed by atoms with Gasteiger partial charge in [-0.1, -0.05) is 42.5 Å². The Balaban J connectivity index is 1.59. The van der Waals surface area contributed by atoms with E-state index in [1.807, 2.05) is 42.5 Å². The molecule has 3 aromatic rings. The number of piperazine rings is 1. The molecule has 2 fully saturated rings. The van der Waals surface area contributed by atoms with Crippen LogP contribution in [0.4, 0.5) is 0 Å². The minimum atomic E-state index is -1.83. The number of ether oxygens (including phenoxy) is 2. The normalized spacial score (nSPS) is 30.8. The molecule has 6 rings (SSSR count). The van der Waals surface area contributed by atoms with Crippen LogP contribution in [0.1, 0.15) is 28.2 Å². The Labute approximate surface area is 222 Å². The summed E-state index contributed by atoms with van der Waals surface area (Å²) in [6.07, 6.45) is 1.96. The topological polar surface area (TPSA) is 102 Å². The number of hydrogen-bond acceptors (Lipinski definition) is 8. The second kappa shape index (κ2) is 9.37. The highest BCUT2D eigenvalue weighted by Crippen LogP contribution is 2.69. The Bertz CT molecular complexity index is 1350. The molecule has 8 nitrogen and oxygen atoms in total. The minimum Gasteiger partial charge on any atom is -0.495 e. The molecule has 3 heterocycles. The summed E-state index contributed by atoms with van der Waals surface area (Å²) in [6, 6.07) is 19.3. The average Bonchev–Trinajstić information content (AvgIpc) is 3.33. The van der Waals surface area contributed by atoms with Gasteiger partial charge in [-0.25, -0.2) is 0 Å². The van der Waals surface area contributed by atoms with Crippen molar-refractivity contribution in [3.8, 4) is 17.6 Å². The monoisotopic (exact) mass is 512 g/mol. The standard InChI is InChI=1S/C30H32N4O4/c1-33-12-14-34(15-13-33)19-23-26(21-6-4-3-5-7-21)30(22-10-8-20(16-31)9-11-22)29(36,28(23)35)27-24(37-2)17-32-18-25(27)38-30/h3-11,17-18,23,26,28,35-36H,12-15,19H2,1-2H3/t23?,26?,28-,29+,30?/m1/s1. The van der Waals surface area contributed by atoms with E-state index in [2.05, 4.69) is 27.9 Å². The van der Waals surface area contributed by atoms with E-state index in [-0.39, 0.29) is 5.92 Å². The van der Waals surface area contributed by atoms with Gasteiger partial charge in [-0.15, -0.1) is 0 Å². The van der Waals surface area contributed by atoms with Gasteiger partial charge in [-0.2, -0.15) is 5.26 Å². The van der Waals surface area contributed by atoms with Crippen LogP contribution in [0.2, 0.25) is 0 Å². The minimum absolute atomic E-state index is 0.354. The molecule has 1 aromatic heterocycles. The van der Waals surface area contributed by atoms with E-state index in [1.54, 1.807) is 24.5 Å². The summed E-state index contributed by atoms with van der Waals surface area (Å²) >= 11 is 0. The number of aliphatic hydroxyl groups is 2. The highest BCUT2D eigenvalue weighted by atomic mass is 16.5. The Morgan fingerprint density at radius 3 is 2.45 bits per heavy atom. The Morgan fingerprint density at radius 2 is 1.79 bits per heavy atom. The summed E-state index contributed by atoms with van der Waals surface area (Å²) in [6.45, 7) is 4.26. The molecule has 1 saturated heterocycles. The van der Waals surface area contributed by atoms with E-state index in [0.29, 0.717) is 34.7 Å². The molecule has 5 atom stereocenters. The lowest BCUT2D eigenvalue weighted by molar-refractivity contribution is -0.152. The fraction of sp³-hybridized carbons (Fsp3) is 0.400. The zero-order valence-electron chi connectivity index (χ0n) is 21.6. The number of fused-ring (bicyclic) bond motifs is 3. The fourth-order valence-corrected chi connectivity index (χ4v) is 6.86. The van der Waals surface area contributed by atoms with Crippen LogP contribution >= 0.6 is 0 Å². The summed E-state index contributed by atoms with van der Waals surface area (Å²) in [4.78, 5) is 8.95. The predicted octanol–water partition coefficient (Wildman–Crippen LogP) is 2.46. The van der Waals surface area contributed by atoms with Crippen molar-refractivity contribution in [2.45, 2.75) is 23.2 Å². The van der Waals surface area contributed by atoms with Crippen LogP contribution in [0, 0.1) is 17.2 Å². The third-order valence-electron chi connectivity index (χ3n) is 8.68. The molecule has 3 unspecified atom stereocenters. The highest BCUT2D eigenvalue weighted by molar-refractivity contribution is 5.59. The SMILES string of the molecule is COc1cncc2c1[C@]1(O)[C@H](O)C(CN3CCN(C)CC3)C(c3ccccc3)C1(c1ccc(C#N)cc1)O2. The quantitative estimate of drug-likeness (QED) is 0.538. The van der Waals surface area contributed by atoms with Crippen LogP contribution in [0.15, 0.2) is 67.0 Å². The molecule has 1 aliphatic carbocycles. The average molecular weight is 513 g/mol. The number of methoxy groups -OCH3 is 1. The number of likely N-dealkylation sites (N-methyl/N-ethyl adjacent to an activating group) is 1. The first kappa shape index (κ1) is 24.8. The molecule has 2 N–H and O–H groups in total. The Hall–Kier alpha value is -3.48. The van der Waals surface area contributed by atoms with E-state index >= 15 is 0 Å². The smallest absolute Gasteiger partial charge is 0.177 e. The van der Waals surface area contributed by atoms with Crippen LogP contribution in [0.5, 0.6) is 11.5 Å². The van der Waals surface area contributed by atoms with Gasteiger partial charge in [0.05, 0.1) is 42.8 Å². The maximum absolute atomic E-state index is 12.9. The van der Waals surface area contributed by atoms with E-state index in [1.165, 1.54) is 7.11 Å².